The van der Waals surface area contributed by atoms with Gasteiger partial charge in [0.05, 0.1) is 14.2 Å². The van der Waals surface area contributed by atoms with Gasteiger partial charge >= 0.3 is 0 Å². The van der Waals surface area contributed by atoms with Crippen LogP contribution in [-0.2, 0) is 6.42 Å². The Labute approximate surface area is 102 Å². The monoisotopic (exact) mass is 241 g/mol. The summed E-state index contributed by atoms with van der Waals surface area (Å²) in [5.41, 5.74) is 1.29. The van der Waals surface area contributed by atoms with Crippen LogP contribution in [0, 0.1) is 0 Å². The largest absolute Gasteiger partial charge is 0.493 e. The highest BCUT2D eigenvalue weighted by Crippen LogP contribution is 2.34. The zero-order valence-corrected chi connectivity index (χ0v) is 11.1. The van der Waals surface area contributed by atoms with Crippen LogP contribution in [0.3, 0.4) is 0 Å². The Hall–Kier alpha value is -0.870. The van der Waals surface area contributed by atoms with E-state index in [9.17, 15) is 0 Å². The molecule has 1 aromatic rings. The van der Waals surface area contributed by atoms with E-state index in [1.807, 2.05) is 13.1 Å². The third-order valence-electron chi connectivity index (χ3n) is 2.43. The van der Waals surface area contributed by atoms with Crippen molar-refractivity contribution in [3.8, 4) is 11.5 Å². The van der Waals surface area contributed by atoms with Crippen molar-refractivity contribution >= 4 is 11.8 Å². The van der Waals surface area contributed by atoms with Gasteiger partial charge in [0.2, 0.25) is 0 Å². The Kier molecular flexibility index (Phi) is 5.49. The molecule has 0 fully saturated rings. The van der Waals surface area contributed by atoms with Crippen LogP contribution in [0.15, 0.2) is 17.0 Å². The lowest BCUT2D eigenvalue weighted by Crippen LogP contribution is -2.11. The summed E-state index contributed by atoms with van der Waals surface area (Å²) in [7, 11) is 5.28. The fraction of sp³-hybridized carbons (Fsp3) is 0.500. The maximum atomic E-state index is 5.30. The second-order valence-electron chi connectivity index (χ2n) is 3.37. The van der Waals surface area contributed by atoms with E-state index in [1.54, 1.807) is 26.0 Å². The van der Waals surface area contributed by atoms with Crippen molar-refractivity contribution in [1.29, 1.82) is 0 Å². The lowest BCUT2D eigenvalue weighted by Gasteiger charge is -2.13. The SMILES string of the molecule is CNCCc1cc(OC)c(OC)cc1SC. The maximum absolute atomic E-state index is 5.30. The van der Waals surface area contributed by atoms with Crippen molar-refractivity contribution in [2.45, 2.75) is 11.3 Å². The highest BCUT2D eigenvalue weighted by atomic mass is 32.2. The van der Waals surface area contributed by atoms with Gasteiger partial charge in [0, 0.05) is 4.90 Å². The predicted octanol–water partition coefficient (Wildman–Crippen LogP) is 2.19. The second kappa shape index (κ2) is 6.66. The number of rotatable bonds is 6. The topological polar surface area (TPSA) is 30.5 Å². The van der Waals surface area contributed by atoms with Gasteiger partial charge in [-0.3, -0.25) is 0 Å². The van der Waals surface area contributed by atoms with Crippen LogP contribution in [-0.4, -0.2) is 34.1 Å². The summed E-state index contributed by atoms with van der Waals surface area (Å²) in [5.74, 6) is 1.59. The van der Waals surface area contributed by atoms with Gasteiger partial charge < -0.3 is 14.8 Å². The van der Waals surface area contributed by atoms with Crippen LogP contribution >= 0.6 is 11.8 Å². The van der Waals surface area contributed by atoms with E-state index in [4.69, 9.17) is 9.47 Å². The van der Waals surface area contributed by atoms with Crippen LogP contribution in [0.2, 0.25) is 0 Å². The lowest BCUT2D eigenvalue weighted by atomic mass is 10.1. The molecule has 0 heterocycles. The minimum absolute atomic E-state index is 0.792. The molecule has 0 saturated carbocycles. The molecule has 0 aliphatic heterocycles. The van der Waals surface area contributed by atoms with E-state index in [2.05, 4.69) is 17.6 Å². The molecular formula is C12H19NO2S. The Bertz CT molecular complexity index is 342. The summed E-state index contributed by atoms with van der Waals surface area (Å²) in [4.78, 5) is 1.24. The number of likely N-dealkylation sites (N-methyl/N-ethyl adjacent to an activating group) is 1. The number of hydrogen-bond donors (Lipinski definition) is 1. The zero-order valence-electron chi connectivity index (χ0n) is 10.3. The predicted molar refractivity (Wildman–Crippen MR) is 69.0 cm³/mol. The van der Waals surface area contributed by atoms with Crippen molar-refractivity contribution in [1.82, 2.24) is 5.32 Å². The van der Waals surface area contributed by atoms with Gasteiger partial charge in [0.1, 0.15) is 0 Å². The zero-order chi connectivity index (χ0) is 12.0. The Morgan fingerprint density at radius 2 is 1.81 bits per heavy atom. The second-order valence-corrected chi connectivity index (χ2v) is 4.22. The number of benzene rings is 1. The van der Waals surface area contributed by atoms with Crippen molar-refractivity contribution in [3.05, 3.63) is 17.7 Å². The van der Waals surface area contributed by atoms with Gasteiger partial charge in [0.25, 0.3) is 0 Å². The molecule has 3 nitrogen and oxygen atoms in total. The summed E-state index contributed by atoms with van der Waals surface area (Å²) in [5, 5.41) is 3.15. The van der Waals surface area contributed by atoms with Crippen molar-refractivity contribution in [2.75, 3.05) is 34.1 Å². The van der Waals surface area contributed by atoms with Gasteiger partial charge in [-0.05, 0) is 44.0 Å². The van der Waals surface area contributed by atoms with Crippen molar-refractivity contribution in [3.63, 3.8) is 0 Å². The molecule has 90 valence electrons. The fourth-order valence-corrected chi connectivity index (χ4v) is 2.20. The van der Waals surface area contributed by atoms with E-state index < -0.39 is 0 Å². The molecule has 0 spiro atoms. The summed E-state index contributed by atoms with van der Waals surface area (Å²) in [6.07, 6.45) is 3.07. The minimum atomic E-state index is 0.792. The van der Waals surface area contributed by atoms with Crippen LogP contribution in [0.5, 0.6) is 11.5 Å². The molecule has 0 saturated heterocycles. The molecule has 0 radical (unpaired) electrons. The third-order valence-corrected chi connectivity index (χ3v) is 3.25. The molecule has 0 amide bonds. The summed E-state index contributed by atoms with van der Waals surface area (Å²) in [6, 6.07) is 4.09. The summed E-state index contributed by atoms with van der Waals surface area (Å²) < 4.78 is 10.6. The molecule has 1 aromatic carbocycles. The Balaban J connectivity index is 3.05. The molecule has 0 unspecified atom stereocenters. The first-order valence-electron chi connectivity index (χ1n) is 5.20. The molecule has 1 N–H and O–H groups in total. The van der Waals surface area contributed by atoms with Crippen LogP contribution < -0.4 is 14.8 Å². The van der Waals surface area contributed by atoms with E-state index in [0.29, 0.717) is 0 Å². The number of nitrogens with one attached hydrogen (secondary N) is 1. The van der Waals surface area contributed by atoms with Crippen LogP contribution in [0.4, 0.5) is 0 Å². The molecule has 0 bridgehead atoms. The lowest BCUT2D eigenvalue weighted by molar-refractivity contribution is 0.353. The molecule has 1 rings (SSSR count). The van der Waals surface area contributed by atoms with Gasteiger partial charge in [0.15, 0.2) is 11.5 Å². The van der Waals surface area contributed by atoms with Gasteiger partial charge in [-0.2, -0.15) is 0 Å². The van der Waals surface area contributed by atoms with E-state index in [1.165, 1.54) is 10.5 Å². The molecule has 0 aliphatic carbocycles. The molecule has 0 aliphatic rings. The van der Waals surface area contributed by atoms with Crippen molar-refractivity contribution in [2.24, 2.45) is 0 Å². The first-order valence-corrected chi connectivity index (χ1v) is 6.42. The fourth-order valence-electron chi connectivity index (χ4n) is 1.55. The van der Waals surface area contributed by atoms with Gasteiger partial charge in [-0.1, -0.05) is 0 Å². The first-order chi connectivity index (χ1) is 7.76. The Morgan fingerprint density at radius 3 is 2.31 bits per heavy atom. The number of hydrogen-bond acceptors (Lipinski definition) is 4. The van der Waals surface area contributed by atoms with E-state index >= 15 is 0 Å². The molecule has 0 aromatic heterocycles. The summed E-state index contributed by atoms with van der Waals surface area (Å²) >= 11 is 1.73. The minimum Gasteiger partial charge on any atom is -0.493 e. The highest BCUT2D eigenvalue weighted by molar-refractivity contribution is 7.98. The number of thioether (sulfide) groups is 1. The standard InChI is InChI=1S/C12H19NO2S/c1-13-6-5-9-7-10(14-2)11(15-3)8-12(9)16-4/h7-8,13H,5-6H2,1-4H3. The molecule has 4 heteroatoms. The molecule has 16 heavy (non-hydrogen) atoms. The average molecular weight is 241 g/mol. The number of methoxy groups -OCH3 is 2. The van der Waals surface area contributed by atoms with Gasteiger partial charge in [-0.15, -0.1) is 11.8 Å². The number of ether oxygens (including phenoxy) is 2. The van der Waals surface area contributed by atoms with Crippen molar-refractivity contribution < 1.29 is 9.47 Å². The molecular weight excluding hydrogens is 222 g/mol. The van der Waals surface area contributed by atoms with E-state index in [0.717, 1.165) is 24.5 Å². The Morgan fingerprint density at radius 1 is 1.19 bits per heavy atom. The quantitative estimate of drug-likeness (QED) is 0.773. The maximum Gasteiger partial charge on any atom is 0.161 e. The highest BCUT2D eigenvalue weighted by Gasteiger charge is 2.09. The van der Waals surface area contributed by atoms with Gasteiger partial charge in [-0.25, -0.2) is 0 Å². The van der Waals surface area contributed by atoms with E-state index in [-0.39, 0.29) is 0 Å². The first kappa shape index (κ1) is 13.2. The summed E-state index contributed by atoms with van der Waals surface area (Å²) in [6.45, 7) is 0.961. The normalized spacial score (nSPS) is 10.2. The molecule has 0 atom stereocenters. The smallest absolute Gasteiger partial charge is 0.161 e. The van der Waals surface area contributed by atoms with Crippen LogP contribution in [0.25, 0.3) is 0 Å². The average Bonchev–Trinajstić information content (AvgIpc) is 2.35. The third kappa shape index (κ3) is 3.06. The van der Waals surface area contributed by atoms with Crippen LogP contribution in [0.1, 0.15) is 5.56 Å².